The highest BCUT2D eigenvalue weighted by molar-refractivity contribution is 5.92. The molecule has 1 saturated heterocycles. The first-order chi connectivity index (χ1) is 11.1. The second kappa shape index (κ2) is 8.36. The third kappa shape index (κ3) is 4.84. The molecule has 1 fully saturated rings. The molecule has 0 aromatic heterocycles. The molecule has 1 aromatic carbocycles. The van der Waals surface area contributed by atoms with Crippen molar-refractivity contribution in [2.24, 2.45) is 5.92 Å². The highest BCUT2D eigenvalue weighted by Gasteiger charge is 2.28. The smallest absolute Gasteiger partial charge is 0.310 e. The lowest BCUT2D eigenvalue weighted by Gasteiger charge is -2.30. The zero-order chi connectivity index (χ0) is 16.7. The molecule has 1 aromatic rings. The van der Waals surface area contributed by atoms with Crippen LogP contribution in [0, 0.1) is 5.92 Å². The maximum absolute atomic E-state index is 12.3. The van der Waals surface area contributed by atoms with Gasteiger partial charge in [0.05, 0.1) is 19.6 Å². The fourth-order valence-corrected chi connectivity index (χ4v) is 2.65. The summed E-state index contributed by atoms with van der Waals surface area (Å²) in [5.74, 6) is 0.251. The molecule has 0 N–H and O–H groups in total. The summed E-state index contributed by atoms with van der Waals surface area (Å²) in [7, 11) is 1.61. The van der Waals surface area contributed by atoms with Gasteiger partial charge < -0.3 is 14.4 Å². The van der Waals surface area contributed by atoms with Gasteiger partial charge in [0.25, 0.3) is 0 Å². The number of amides is 1. The molecular weight excluding hydrogens is 294 g/mol. The number of ether oxygens (including phenoxy) is 2. The molecule has 0 aliphatic carbocycles. The molecule has 1 heterocycles. The van der Waals surface area contributed by atoms with Gasteiger partial charge in [0, 0.05) is 19.2 Å². The second-order valence-corrected chi connectivity index (χ2v) is 5.49. The van der Waals surface area contributed by atoms with Crippen LogP contribution in [0.2, 0.25) is 0 Å². The lowest BCUT2D eigenvalue weighted by molar-refractivity contribution is -0.150. The highest BCUT2D eigenvalue weighted by Crippen LogP contribution is 2.19. The van der Waals surface area contributed by atoms with Crippen LogP contribution >= 0.6 is 0 Å². The summed E-state index contributed by atoms with van der Waals surface area (Å²) in [5.41, 5.74) is 0.900. The fourth-order valence-electron chi connectivity index (χ4n) is 2.65. The van der Waals surface area contributed by atoms with Gasteiger partial charge in [-0.1, -0.05) is 12.1 Å². The van der Waals surface area contributed by atoms with E-state index in [-0.39, 0.29) is 17.8 Å². The van der Waals surface area contributed by atoms with Crippen LogP contribution in [0.3, 0.4) is 0 Å². The molecule has 0 bridgehead atoms. The lowest BCUT2D eigenvalue weighted by atomic mass is 9.98. The van der Waals surface area contributed by atoms with Crippen LogP contribution in [-0.2, 0) is 14.3 Å². The fraction of sp³-hybridized carbons (Fsp3) is 0.444. The average molecular weight is 317 g/mol. The summed E-state index contributed by atoms with van der Waals surface area (Å²) in [4.78, 5) is 25.8. The third-order valence-electron chi connectivity index (χ3n) is 3.87. The summed E-state index contributed by atoms with van der Waals surface area (Å²) in [6.07, 6.45) is 4.91. The van der Waals surface area contributed by atoms with Gasteiger partial charge in [-0.05, 0) is 43.5 Å². The van der Waals surface area contributed by atoms with Crippen molar-refractivity contribution >= 4 is 18.0 Å². The van der Waals surface area contributed by atoms with Crippen LogP contribution < -0.4 is 4.74 Å². The lowest BCUT2D eigenvalue weighted by Crippen LogP contribution is -2.42. The van der Waals surface area contributed by atoms with E-state index in [1.807, 2.05) is 24.3 Å². The summed E-state index contributed by atoms with van der Waals surface area (Å²) in [6.45, 7) is 3.27. The first kappa shape index (κ1) is 17.1. The Labute approximate surface area is 136 Å². The average Bonchev–Trinajstić information content (AvgIpc) is 2.60. The molecule has 1 aliphatic rings. The van der Waals surface area contributed by atoms with Crippen molar-refractivity contribution in [3.05, 3.63) is 35.9 Å². The SMILES string of the molecule is CCOC(=O)C1CCCN(C(=O)C=Cc2cccc(OC)c2)C1. The van der Waals surface area contributed by atoms with E-state index in [9.17, 15) is 9.59 Å². The number of carbonyl (C=O) groups excluding carboxylic acids is 2. The maximum Gasteiger partial charge on any atom is 0.310 e. The van der Waals surface area contributed by atoms with Crippen molar-refractivity contribution in [2.45, 2.75) is 19.8 Å². The van der Waals surface area contributed by atoms with Crippen LogP contribution in [0.1, 0.15) is 25.3 Å². The maximum atomic E-state index is 12.3. The topological polar surface area (TPSA) is 55.8 Å². The molecule has 23 heavy (non-hydrogen) atoms. The Kier molecular flexibility index (Phi) is 6.20. The molecular formula is C18H23NO4. The zero-order valence-electron chi connectivity index (χ0n) is 13.7. The van der Waals surface area contributed by atoms with Crippen molar-refractivity contribution in [3.8, 4) is 5.75 Å². The van der Waals surface area contributed by atoms with Gasteiger partial charge in [0.15, 0.2) is 0 Å². The molecule has 0 radical (unpaired) electrons. The summed E-state index contributed by atoms with van der Waals surface area (Å²) in [6, 6.07) is 7.50. The predicted molar refractivity (Wildman–Crippen MR) is 88.0 cm³/mol. The zero-order valence-corrected chi connectivity index (χ0v) is 13.7. The number of benzene rings is 1. The van der Waals surface area contributed by atoms with Gasteiger partial charge in [-0.3, -0.25) is 9.59 Å². The van der Waals surface area contributed by atoms with E-state index in [1.54, 1.807) is 31.1 Å². The minimum Gasteiger partial charge on any atom is -0.497 e. The quantitative estimate of drug-likeness (QED) is 0.618. The van der Waals surface area contributed by atoms with Gasteiger partial charge >= 0.3 is 5.97 Å². The molecule has 1 atom stereocenters. The monoisotopic (exact) mass is 317 g/mol. The number of hydrogen-bond donors (Lipinski definition) is 0. The standard InChI is InChI=1S/C18H23NO4/c1-3-23-18(21)15-7-5-11-19(13-15)17(20)10-9-14-6-4-8-16(12-14)22-2/h4,6,8-10,12,15H,3,5,7,11,13H2,1-2H3. The molecule has 0 saturated carbocycles. The number of likely N-dealkylation sites (tertiary alicyclic amines) is 1. The van der Waals surface area contributed by atoms with E-state index < -0.39 is 0 Å². The number of piperidine rings is 1. The molecule has 5 heteroatoms. The van der Waals surface area contributed by atoms with E-state index in [0.717, 1.165) is 24.2 Å². The molecule has 124 valence electrons. The van der Waals surface area contributed by atoms with Crippen LogP contribution in [0.5, 0.6) is 5.75 Å². The van der Waals surface area contributed by atoms with E-state index in [0.29, 0.717) is 19.7 Å². The van der Waals surface area contributed by atoms with Gasteiger partial charge in [0.2, 0.25) is 5.91 Å². The molecule has 0 spiro atoms. The number of esters is 1. The predicted octanol–water partition coefficient (Wildman–Crippen LogP) is 2.51. The van der Waals surface area contributed by atoms with Crippen LogP contribution in [-0.4, -0.2) is 43.6 Å². The number of methoxy groups -OCH3 is 1. The first-order valence-electron chi connectivity index (χ1n) is 7.91. The Morgan fingerprint density at radius 3 is 2.96 bits per heavy atom. The molecule has 1 aliphatic heterocycles. The Morgan fingerprint density at radius 2 is 2.22 bits per heavy atom. The Bertz CT molecular complexity index is 582. The normalized spacial score (nSPS) is 18.0. The minimum absolute atomic E-state index is 0.0816. The molecule has 5 nitrogen and oxygen atoms in total. The van der Waals surface area contributed by atoms with Crippen molar-refractivity contribution in [1.82, 2.24) is 4.90 Å². The number of carbonyl (C=O) groups is 2. The number of hydrogen-bond acceptors (Lipinski definition) is 4. The Hall–Kier alpha value is -2.30. The van der Waals surface area contributed by atoms with Gasteiger partial charge in [-0.15, -0.1) is 0 Å². The molecule has 2 rings (SSSR count). The van der Waals surface area contributed by atoms with E-state index in [4.69, 9.17) is 9.47 Å². The van der Waals surface area contributed by atoms with E-state index in [2.05, 4.69) is 0 Å². The van der Waals surface area contributed by atoms with Gasteiger partial charge in [-0.2, -0.15) is 0 Å². The first-order valence-corrected chi connectivity index (χ1v) is 7.91. The van der Waals surface area contributed by atoms with Gasteiger partial charge in [-0.25, -0.2) is 0 Å². The largest absolute Gasteiger partial charge is 0.497 e. The summed E-state index contributed by atoms with van der Waals surface area (Å²) in [5, 5.41) is 0. The van der Waals surface area contributed by atoms with Crippen LogP contribution in [0.4, 0.5) is 0 Å². The van der Waals surface area contributed by atoms with Crippen LogP contribution in [0.15, 0.2) is 30.3 Å². The Morgan fingerprint density at radius 1 is 1.39 bits per heavy atom. The number of nitrogens with zero attached hydrogens (tertiary/aromatic N) is 1. The van der Waals surface area contributed by atoms with E-state index in [1.165, 1.54) is 0 Å². The number of rotatable bonds is 5. The van der Waals surface area contributed by atoms with E-state index >= 15 is 0 Å². The highest BCUT2D eigenvalue weighted by atomic mass is 16.5. The third-order valence-corrected chi connectivity index (χ3v) is 3.87. The van der Waals surface area contributed by atoms with Crippen molar-refractivity contribution in [1.29, 1.82) is 0 Å². The van der Waals surface area contributed by atoms with Crippen molar-refractivity contribution < 1.29 is 19.1 Å². The van der Waals surface area contributed by atoms with Crippen molar-refractivity contribution in [2.75, 3.05) is 26.8 Å². The summed E-state index contributed by atoms with van der Waals surface area (Å²) >= 11 is 0. The van der Waals surface area contributed by atoms with Crippen molar-refractivity contribution in [3.63, 3.8) is 0 Å². The van der Waals surface area contributed by atoms with Crippen LogP contribution in [0.25, 0.3) is 6.08 Å². The summed E-state index contributed by atoms with van der Waals surface area (Å²) < 4.78 is 10.2. The molecule has 1 amide bonds. The molecule has 1 unspecified atom stereocenters. The van der Waals surface area contributed by atoms with Gasteiger partial charge in [0.1, 0.15) is 5.75 Å². The Balaban J connectivity index is 1.96. The second-order valence-electron chi connectivity index (χ2n) is 5.49. The minimum atomic E-state index is -0.210.